The third kappa shape index (κ3) is 4.05. The normalized spacial score (nSPS) is 21.1. The van der Waals surface area contributed by atoms with E-state index >= 15 is 0 Å². The van der Waals surface area contributed by atoms with Gasteiger partial charge in [0, 0.05) is 29.2 Å². The van der Waals surface area contributed by atoms with Crippen LogP contribution in [0, 0.1) is 0 Å². The minimum atomic E-state index is 0.343. The summed E-state index contributed by atoms with van der Waals surface area (Å²) in [5.74, 6) is 0.877. The second-order valence-corrected chi connectivity index (χ2v) is 6.36. The van der Waals surface area contributed by atoms with Crippen molar-refractivity contribution in [3.63, 3.8) is 0 Å². The summed E-state index contributed by atoms with van der Waals surface area (Å²) in [4.78, 5) is 0. The van der Waals surface area contributed by atoms with Gasteiger partial charge in [-0.1, -0.05) is 41.9 Å². The fraction of sp³-hybridized carbons (Fsp3) is 0.368. The lowest BCUT2D eigenvalue weighted by molar-refractivity contribution is 0.303. The van der Waals surface area contributed by atoms with E-state index in [4.69, 9.17) is 16.3 Å². The number of rotatable bonds is 5. The molecule has 3 rings (SSSR count). The van der Waals surface area contributed by atoms with Crippen molar-refractivity contribution in [3.8, 4) is 5.75 Å². The second kappa shape index (κ2) is 7.82. The number of benzene rings is 2. The Morgan fingerprint density at radius 3 is 2.83 bits per heavy atom. The Labute approximate surface area is 143 Å². The molecule has 4 heteroatoms. The van der Waals surface area contributed by atoms with Gasteiger partial charge in [0.25, 0.3) is 0 Å². The van der Waals surface area contributed by atoms with Gasteiger partial charge < -0.3 is 15.4 Å². The molecular formula is C19H23ClN2O. The lowest BCUT2D eigenvalue weighted by Crippen LogP contribution is -2.45. The summed E-state index contributed by atoms with van der Waals surface area (Å²) in [6, 6.07) is 17.1. The lowest BCUT2D eigenvalue weighted by Gasteiger charge is -2.34. The first-order chi connectivity index (χ1) is 11.3. The lowest BCUT2D eigenvalue weighted by atomic mass is 9.92. The number of halogens is 1. The molecule has 1 heterocycles. The number of hydrogen-bond acceptors (Lipinski definition) is 3. The molecule has 2 unspecified atom stereocenters. The molecule has 0 aliphatic carbocycles. The van der Waals surface area contributed by atoms with Crippen LogP contribution in [0.1, 0.15) is 30.0 Å². The van der Waals surface area contributed by atoms with Crippen molar-refractivity contribution in [3.05, 3.63) is 64.7 Å². The number of methoxy groups -OCH3 is 1. The maximum atomic E-state index is 6.12. The topological polar surface area (TPSA) is 33.3 Å². The quantitative estimate of drug-likeness (QED) is 0.871. The Morgan fingerprint density at radius 1 is 1.22 bits per heavy atom. The molecule has 1 fully saturated rings. The van der Waals surface area contributed by atoms with Crippen molar-refractivity contribution in [1.29, 1.82) is 0 Å². The van der Waals surface area contributed by atoms with E-state index in [9.17, 15) is 0 Å². The van der Waals surface area contributed by atoms with Crippen LogP contribution in [0.2, 0.25) is 5.02 Å². The number of hydrogen-bond donors (Lipinski definition) is 2. The van der Waals surface area contributed by atoms with Gasteiger partial charge in [-0.15, -0.1) is 0 Å². The Hall–Kier alpha value is -1.55. The van der Waals surface area contributed by atoms with E-state index in [1.54, 1.807) is 7.11 Å². The molecule has 1 saturated heterocycles. The van der Waals surface area contributed by atoms with Crippen LogP contribution in [0.25, 0.3) is 0 Å². The summed E-state index contributed by atoms with van der Waals surface area (Å²) < 4.78 is 5.44. The molecular weight excluding hydrogens is 308 g/mol. The maximum Gasteiger partial charge on any atom is 0.123 e. The molecule has 23 heavy (non-hydrogen) atoms. The summed E-state index contributed by atoms with van der Waals surface area (Å²) in [6.07, 6.45) is 2.35. The molecule has 1 aliphatic rings. The predicted molar refractivity (Wildman–Crippen MR) is 95.1 cm³/mol. The summed E-state index contributed by atoms with van der Waals surface area (Å²) in [5, 5.41) is 8.07. The second-order valence-electron chi connectivity index (χ2n) is 5.93. The van der Waals surface area contributed by atoms with Crippen LogP contribution >= 0.6 is 11.6 Å². The van der Waals surface area contributed by atoms with Crippen molar-refractivity contribution in [1.82, 2.24) is 10.6 Å². The van der Waals surface area contributed by atoms with E-state index in [-0.39, 0.29) is 0 Å². The molecule has 0 spiro atoms. The van der Waals surface area contributed by atoms with E-state index in [0.29, 0.717) is 12.1 Å². The van der Waals surface area contributed by atoms with Crippen molar-refractivity contribution in [2.75, 3.05) is 13.7 Å². The van der Waals surface area contributed by atoms with Gasteiger partial charge in [0.05, 0.1) is 7.11 Å². The zero-order valence-corrected chi connectivity index (χ0v) is 14.1. The molecule has 2 aromatic rings. The standard InChI is InChI=1S/C19H23ClN2O/c1-23-18-10-9-16(20)12-15(18)13-22-17-8-5-11-21-19(17)14-6-3-2-4-7-14/h2-4,6-7,9-10,12,17,19,21-22H,5,8,11,13H2,1H3. The molecule has 0 saturated carbocycles. The van der Waals surface area contributed by atoms with E-state index in [1.807, 2.05) is 18.2 Å². The van der Waals surface area contributed by atoms with Gasteiger partial charge in [0.1, 0.15) is 5.75 Å². The van der Waals surface area contributed by atoms with Gasteiger partial charge in [0.2, 0.25) is 0 Å². The summed E-state index contributed by atoms with van der Waals surface area (Å²) in [5.41, 5.74) is 2.43. The molecule has 3 nitrogen and oxygen atoms in total. The molecule has 2 atom stereocenters. The molecule has 0 amide bonds. The van der Waals surface area contributed by atoms with Gasteiger partial charge in [-0.3, -0.25) is 0 Å². The van der Waals surface area contributed by atoms with Crippen LogP contribution < -0.4 is 15.4 Å². The molecule has 2 N–H and O–H groups in total. The molecule has 2 aromatic carbocycles. The first kappa shape index (κ1) is 16.3. The van der Waals surface area contributed by atoms with Gasteiger partial charge in [0.15, 0.2) is 0 Å². The predicted octanol–water partition coefficient (Wildman–Crippen LogP) is 3.93. The van der Waals surface area contributed by atoms with Gasteiger partial charge in [-0.25, -0.2) is 0 Å². The Kier molecular flexibility index (Phi) is 5.55. The highest BCUT2D eigenvalue weighted by atomic mass is 35.5. The Bertz CT molecular complexity index is 633. The third-order valence-electron chi connectivity index (χ3n) is 4.41. The van der Waals surface area contributed by atoms with Crippen molar-refractivity contribution in [2.24, 2.45) is 0 Å². The molecule has 0 aromatic heterocycles. The smallest absolute Gasteiger partial charge is 0.123 e. The molecule has 1 aliphatic heterocycles. The van der Waals surface area contributed by atoms with Crippen LogP contribution in [0.3, 0.4) is 0 Å². The first-order valence-corrected chi connectivity index (χ1v) is 8.50. The summed E-state index contributed by atoms with van der Waals surface area (Å²) in [6.45, 7) is 1.82. The average Bonchev–Trinajstić information content (AvgIpc) is 2.61. The highest BCUT2D eigenvalue weighted by Gasteiger charge is 2.25. The minimum Gasteiger partial charge on any atom is -0.496 e. The van der Waals surface area contributed by atoms with Crippen LogP contribution in [0.15, 0.2) is 48.5 Å². The SMILES string of the molecule is COc1ccc(Cl)cc1CNC1CCCNC1c1ccccc1. The third-order valence-corrected chi connectivity index (χ3v) is 4.65. The zero-order chi connectivity index (χ0) is 16.1. The van der Waals surface area contributed by atoms with Gasteiger partial charge in [-0.05, 0) is 43.1 Å². The van der Waals surface area contributed by atoms with Crippen LogP contribution in [0.4, 0.5) is 0 Å². The zero-order valence-electron chi connectivity index (χ0n) is 13.4. The highest BCUT2D eigenvalue weighted by Crippen LogP contribution is 2.26. The number of nitrogens with one attached hydrogen (secondary N) is 2. The van der Waals surface area contributed by atoms with Crippen LogP contribution in [0.5, 0.6) is 5.75 Å². The summed E-state index contributed by atoms with van der Waals surface area (Å²) in [7, 11) is 1.70. The van der Waals surface area contributed by atoms with Crippen LogP contribution in [-0.2, 0) is 6.54 Å². The largest absolute Gasteiger partial charge is 0.496 e. The fourth-order valence-electron chi connectivity index (χ4n) is 3.25. The first-order valence-electron chi connectivity index (χ1n) is 8.12. The van der Waals surface area contributed by atoms with E-state index in [0.717, 1.165) is 35.8 Å². The van der Waals surface area contributed by atoms with Crippen molar-refractivity contribution < 1.29 is 4.74 Å². The van der Waals surface area contributed by atoms with Gasteiger partial charge >= 0.3 is 0 Å². The van der Waals surface area contributed by atoms with Crippen molar-refractivity contribution in [2.45, 2.75) is 31.5 Å². The molecule has 0 bridgehead atoms. The van der Waals surface area contributed by atoms with Crippen LogP contribution in [-0.4, -0.2) is 19.7 Å². The Morgan fingerprint density at radius 2 is 2.04 bits per heavy atom. The molecule has 122 valence electrons. The van der Waals surface area contributed by atoms with E-state index < -0.39 is 0 Å². The van der Waals surface area contributed by atoms with E-state index in [1.165, 1.54) is 12.0 Å². The number of piperidine rings is 1. The fourth-order valence-corrected chi connectivity index (χ4v) is 3.44. The Balaban J connectivity index is 1.72. The van der Waals surface area contributed by atoms with Crippen molar-refractivity contribution >= 4 is 11.6 Å². The van der Waals surface area contributed by atoms with Gasteiger partial charge in [-0.2, -0.15) is 0 Å². The highest BCUT2D eigenvalue weighted by molar-refractivity contribution is 6.30. The average molecular weight is 331 g/mol. The number of ether oxygens (including phenoxy) is 1. The van der Waals surface area contributed by atoms with E-state index in [2.05, 4.69) is 41.0 Å². The minimum absolute atomic E-state index is 0.343. The monoisotopic (exact) mass is 330 g/mol. The maximum absolute atomic E-state index is 6.12. The summed E-state index contributed by atoms with van der Waals surface area (Å²) >= 11 is 6.12. The molecule has 0 radical (unpaired) electrons.